The zero-order valence-corrected chi connectivity index (χ0v) is 16.5. The van der Waals surface area contributed by atoms with Gasteiger partial charge in [-0.05, 0) is 30.4 Å². The third kappa shape index (κ3) is 4.90. The van der Waals surface area contributed by atoms with E-state index in [0.717, 1.165) is 11.3 Å². The normalized spacial score (nSPS) is 13.4. The zero-order chi connectivity index (χ0) is 18.7. The van der Waals surface area contributed by atoms with E-state index in [2.05, 4.69) is 36.0 Å². The van der Waals surface area contributed by atoms with Crippen LogP contribution in [-0.4, -0.2) is 27.4 Å². The van der Waals surface area contributed by atoms with Gasteiger partial charge in [0.15, 0.2) is 0 Å². The third-order valence-electron chi connectivity index (χ3n) is 4.06. The Balaban J connectivity index is 2.09. The van der Waals surface area contributed by atoms with Crippen molar-refractivity contribution < 1.29 is 13.2 Å². The van der Waals surface area contributed by atoms with Gasteiger partial charge in [-0.25, -0.2) is 13.1 Å². The van der Waals surface area contributed by atoms with E-state index < -0.39 is 10.0 Å². The predicted octanol–water partition coefficient (Wildman–Crippen LogP) is 3.14. The summed E-state index contributed by atoms with van der Waals surface area (Å²) in [4.78, 5) is 12.1. The van der Waals surface area contributed by atoms with Gasteiger partial charge in [-0.2, -0.15) is 0 Å². The molecule has 0 aliphatic rings. The largest absolute Gasteiger partial charge is 0.354 e. The lowest BCUT2D eigenvalue weighted by atomic mass is 9.79. The Morgan fingerprint density at radius 3 is 2.48 bits per heavy atom. The van der Waals surface area contributed by atoms with Gasteiger partial charge in [-0.3, -0.25) is 4.79 Å². The van der Waals surface area contributed by atoms with Gasteiger partial charge in [-0.15, -0.1) is 11.3 Å². The van der Waals surface area contributed by atoms with Crippen LogP contribution < -0.4 is 10.0 Å². The van der Waals surface area contributed by atoms with Crippen LogP contribution in [0.2, 0.25) is 0 Å². The minimum Gasteiger partial charge on any atom is -0.354 e. The fourth-order valence-electron chi connectivity index (χ4n) is 2.85. The number of hydrogen-bond acceptors (Lipinski definition) is 4. The first kappa shape index (κ1) is 19.6. The maximum atomic E-state index is 12.6. The van der Waals surface area contributed by atoms with Crippen LogP contribution in [0.1, 0.15) is 42.4 Å². The minimum absolute atomic E-state index is 0.125. The number of nitrogens with one attached hydrogen (secondary N) is 2. The topological polar surface area (TPSA) is 75.3 Å². The SMILES string of the molecule is CNC(=O)c1cc(S(=O)(=O)N[C@H](C)CC(C)(C)c2ccccc2)cs1. The molecule has 1 atom stereocenters. The van der Waals surface area contributed by atoms with Crippen LogP contribution in [0.3, 0.4) is 0 Å². The first-order valence-electron chi connectivity index (χ1n) is 8.04. The van der Waals surface area contributed by atoms with Crippen LogP contribution in [0.25, 0.3) is 0 Å². The maximum Gasteiger partial charge on any atom is 0.261 e. The summed E-state index contributed by atoms with van der Waals surface area (Å²) in [5.74, 6) is -0.287. The van der Waals surface area contributed by atoms with Crippen molar-refractivity contribution in [2.24, 2.45) is 0 Å². The summed E-state index contributed by atoms with van der Waals surface area (Å²) in [6.07, 6.45) is 0.655. The Morgan fingerprint density at radius 2 is 1.88 bits per heavy atom. The average molecular weight is 381 g/mol. The molecular formula is C18H24N2O3S2. The molecule has 0 bridgehead atoms. The van der Waals surface area contributed by atoms with Crippen molar-refractivity contribution in [1.29, 1.82) is 0 Å². The minimum atomic E-state index is -3.65. The molecule has 1 aromatic carbocycles. The Bertz CT molecular complexity index is 827. The summed E-state index contributed by atoms with van der Waals surface area (Å²) >= 11 is 1.11. The highest BCUT2D eigenvalue weighted by atomic mass is 32.2. The van der Waals surface area contributed by atoms with Crippen LogP contribution in [0, 0.1) is 0 Å². The summed E-state index contributed by atoms with van der Waals surface area (Å²) in [7, 11) is -2.14. The maximum absolute atomic E-state index is 12.6. The van der Waals surface area contributed by atoms with E-state index in [1.165, 1.54) is 24.1 Å². The van der Waals surface area contributed by atoms with E-state index in [1.54, 1.807) is 0 Å². The number of amides is 1. The summed E-state index contributed by atoms with van der Waals surface area (Å²) in [6.45, 7) is 6.05. The Morgan fingerprint density at radius 1 is 1.24 bits per heavy atom. The van der Waals surface area contributed by atoms with E-state index in [1.807, 2.05) is 25.1 Å². The molecule has 5 nitrogen and oxygen atoms in total. The summed E-state index contributed by atoms with van der Waals surface area (Å²) < 4.78 is 27.8. The lowest BCUT2D eigenvalue weighted by Crippen LogP contribution is -2.37. The summed E-state index contributed by atoms with van der Waals surface area (Å²) in [5, 5.41) is 3.98. The number of carbonyl (C=O) groups is 1. The van der Waals surface area contributed by atoms with Gasteiger partial charge in [-0.1, -0.05) is 44.2 Å². The van der Waals surface area contributed by atoms with Crippen LogP contribution in [0.5, 0.6) is 0 Å². The van der Waals surface area contributed by atoms with Crippen LogP contribution in [0.4, 0.5) is 0 Å². The molecule has 0 unspecified atom stereocenters. The molecule has 25 heavy (non-hydrogen) atoms. The molecule has 0 aliphatic heterocycles. The lowest BCUT2D eigenvalue weighted by molar-refractivity contribution is 0.0967. The van der Waals surface area contributed by atoms with Crippen molar-refractivity contribution in [2.75, 3.05) is 7.05 Å². The van der Waals surface area contributed by atoms with Gasteiger partial charge in [0, 0.05) is 18.5 Å². The first-order valence-corrected chi connectivity index (χ1v) is 10.4. The highest BCUT2D eigenvalue weighted by molar-refractivity contribution is 7.89. The summed E-state index contributed by atoms with van der Waals surface area (Å²) in [5.41, 5.74) is 1.00. The second-order valence-corrected chi connectivity index (χ2v) is 9.33. The predicted molar refractivity (Wildman–Crippen MR) is 102 cm³/mol. The van der Waals surface area contributed by atoms with Crippen molar-refractivity contribution >= 4 is 27.3 Å². The quantitative estimate of drug-likeness (QED) is 0.775. The van der Waals surface area contributed by atoms with Gasteiger partial charge in [0.1, 0.15) is 0 Å². The number of rotatable bonds is 7. The lowest BCUT2D eigenvalue weighted by Gasteiger charge is -2.29. The molecular weight excluding hydrogens is 356 g/mol. The fourth-order valence-corrected chi connectivity index (χ4v) is 5.31. The molecule has 136 valence electrons. The molecule has 0 spiro atoms. The monoisotopic (exact) mass is 380 g/mol. The molecule has 1 amide bonds. The molecule has 7 heteroatoms. The van der Waals surface area contributed by atoms with Crippen molar-refractivity contribution in [3.63, 3.8) is 0 Å². The van der Waals surface area contributed by atoms with E-state index in [-0.39, 0.29) is 22.3 Å². The molecule has 1 aromatic heterocycles. The van der Waals surface area contributed by atoms with Gasteiger partial charge in [0.2, 0.25) is 10.0 Å². The van der Waals surface area contributed by atoms with E-state index in [9.17, 15) is 13.2 Å². The zero-order valence-electron chi connectivity index (χ0n) is 14.9. The van der Waals surface area contributed by atoms with Crippen LogP contribution >= 0.6 is 11.3 Å². The van der Waals surface area contributed by atoms with E-state index in [0.29, 0.717) is 11.3 Å². The second kappa shape index (κ2) is 7.68. The molecule has 2 rings (SSSR count). The first-order chi connectivity index (χ1) is 11.7. The molecule has 0 saturated carbocycles. The van der Waals surface area contributed by atoms with E-state index in [4.69, 9.17) is 0 Å². The molecule has 0 saturated heterocycles. The Hall–Kier alpha value is -1.70. The molecule has 2 N–H and O–H groups in total. The van der Waals surface area contributed by atoms with Gasteiger partial charge >= 0.3 is 0 Å². The van der Waals surface area contributed by atoms with Crippen molar-refractivity contribution in [3.8, 4) is 0 Å². The van der Waals surface area contributed by atoms with Crippen LogP contribution in [-0.2, 0) is 15.4 Å². The Kier molecular flexibility index (Phi) is 6.03. The highest BCUT2D eigenvalue weighted by Gasteiger charge is 2.27. The van der Waals surface area contributed by atoms with E-state index >= 15 is 0 Å². The highest BCUT2D eigenvalue weighted by Crippen LogP contribution is 2.29. The fraction of sp³-hybridized carbons (Fsp3) is 0.389. The average Bonchev–Trinajstić information content (AvgIpc) is 3.05. The second-order valence-electron chi connectivity index (χ2n) is 6.70. The van der Waals surface area contributed by atoms with Crippen molar-refractivity contribution in [3.05, 3.63) is 52.2 Å². The van der Waals surface area contributed by atoms with Gasteiger partial charge < -0.3 is 5.32 Å². The smallest absolute Gasteiger partial charge is 0.261 e. The number of sulfonamides is 1. The van der Waals surface area contributed by atoms with Gasteiger partial charge in [0.25, 0.3) is 5.91 Å². The summed E-state index contributed by atoms with van der Waals surface area (Å²) in [6, 6.07) is 11.2. The van der Waals surface area contributed by atoms with Crippen LogP contribution in [0.15, 0.2) is 46.7 Å². The standard InChI is InChI=1S/C18H24N2O3S2/c1-13(11-18(2,3)14-8-6-5-7-9-14)20-25(22,23)15-10-16(24-12-15)17(21)19-4/h5-10,12-13,20H,11H2,1-4H3,(H,19,21)/t13-/m1/s1. The van der Waals surface area contributed by atoms with Crippen molar-refractivity contribution in [2.45, 2.75) is 43.5 Å². The molecule has 1 heterocycles. The number of hydrogen-bond donors (Lipinski definition) is 2. The molecule has 2 aromatic rings. The molecule has 0 radical (unpaired) electrons. The molecule has 0 aliphatic carbocycles. The third-order valence-corrected chi connectivity index (χ3v) is 6.71. The number of benzene rings is 1. The number of thiophene rings is 1. The molecule has 0 fully saturated rings. The number of carbonyl (C=O) groups excluding carboxylic acids is 1. The van der Waals surface area contributed by atoms with Crippen molar-refractivity contribution in [1.82, 2.24) is 10.0 Å². The van der Waals surface area contributed by atoms with Gasteiger partial charge in [0.05, 0.1) is 9.77 Å². The Labute approximate surface area is 153 Å².